The zero-order valence-electron chi connectivity index (χ0n) is 17.4. The first-order chi connectivity index (χ1) is 14.7. The summed E-state index contributed by atoms with van der Waals surface area (Å²) in [5, 5.41) is 7.87. The van der Waals surface area contributed by atoms with E-state index in [1.807, 2.05) is 0 Å². The Bertz CT molecular complexity index is 1080. The molecule has 166 valence electrons. The lowest BCUT2D eigenvalue weighted by Crippen LogP contribution is -2.42. The average Bonchev–Trinajstić information content (AvgIpc) is 3.41. The Morgan fingerprint density at radius 1 is 1.29 bits per heavy atom. The van der Waals surface area contributed by atoms with Crippen LogP contribution in [0.2, 0.25) is 0 Å². The van der Waals surface area contributed by atoms with E-state index in [-0.39, 0.29) is 41.1 Å². The Balaban J connectivity index is 1.68. The van der Waals surface area contributed by atoms with Crippen molar-refractivity contribution in [1.82, 2.24) is 29.8 Å². The van der Waals surface area contributed by atoms with Gasteiger partial charge in [-0.25, -0.2) is 14.6 Å². The number of rotatable bonds is 4. The molecule has 0 aromatic carbocycles. The molecular formula is C20H23F3N6O2. The minimum absolute atomic E-state index is 0.111. The third kappa shape index (κ3) is 4.00. The highest BCUT2D eigenvalue weighted by Crippen LogP contribution is 2.40. The minimum Gasteiger partial charge on any atom is -0.340 e. The van der Waals surface area contributed by atoms with E-state index in [0.717, 1.165) is 6.07 Å². The van der Waals surface area contributed by atoms with Crippen LogP contribution < -0.4 is 0 Å². The fraction of sp³-hybridized carbons (Fsp3) is 0.550. The van der Waals surface area contributed by atoms with E-state index in [1.165, 1.54) is 17.3 Å². The number of halogens is 3. The van der Waals surface area contributed by atoms with Gasteiger partial charge in [-0.15, -0.1) is 0 Å². The third-order valence-electron chi connectivity index (χ3n) is 5.70. The number of hydrogen-bond donors (Lipinski definition) is 0. The highest BCUT2D eigenvalue weighted by molar-refractivity contribution is 5.83. The van der Waals surface area contributed by atoms with Crippen molar-refractivity contribution in [2.75, 3.05) is 13.1 Å². The molecule has 3 aromatic rings. The lowest BCUT2D eigenvalue weighted by Gasteiger charge is -2.33. The Morgan fingerprint density at radius 2 is 2.06 bits per heavy atom. The van der Waals surface area contributed by atoms with Gasteiger partial charge in [0.05, 0.1) is 16.6 Å². The molecule has 0 saturated carbocycles. The second-order valence-corrected chi connectivity index (χ2v) is 8.17. The van der Waals surface area contributed by atoms with Crippen molar-refractivity contribution in [3.63, 3.8) is 0 Å². The Kier molecular flexibility index (Phi) is 5.44. The summed E-state index contributed by atoms with van der Waals surface area (Å²) in [5.74, 6) is -0.742. The first-order valence-electron chi connectivity index (χ1n) is 10.2. The molecule has 0 unspecified atom stereocenters. The Hall–Kier alpha value is -2.98. The maximum atomic E-state index is 13.9. The quantitative estimate of drug-likeness (QED) is 0.616. The van der Waals surface area contributed by atoms with E-state index in [9.17, 15) is 18.0 Å². The van der Waals surface area contributed by atoms with Gasteiger partial charge in [-0.05, 0) is 31.7 Å². The summed E-state index contributed by atoms with van der Waals surface area (Å²) in [6.45, 7) is 6.03. The number of hydrogen-bond acceptors (Lipinski definition) is 6. The first-order valence-corrected chi connectivity index (χ1v) is 10.2. The molecule has 1 aliphatic heterocycles. The van der Waals surface area contributed by atoms with Crippen molar-refractivity contribution >= 4 is 17.0 Å². The van der Waals surface area contributed by atoms with Crippen molar-refractivity contribution in [3.05, 3.63) is 35.7 Å². The molecule has 1 saturated heterocycles. The number of aromatic nitrogens is 5. The van der Waals surface area contributed by atoms with Crippen LogP contribution in [-0.4, -0.2) is 48.8 Å². The summed E-state index contributed by atoms with van der Waals surface area (Å²) in [6.07, 6.45) is -0.513. The highest BCUT2D eigenvalue weighted by Gasteiger charge is 2.39. The Labute approximate surface area is 176 Å². The number of carbonyl (C=O) groups is 1. The van der Waals surface area contributed by atoms with Gasteiger partial charge >= 0.3 is 6.18 Å². The SMILES string of the molecule is CC(C)c1cc(C(F)(F)F)c2c([C@H]3CCCN(C(=O)[C@@H](C)n4cncn4)C3)noc2n1. The molecule has 0 N–H and O–H groups in total. The van der Waals surface area contributed by atoms with Crippen molar-refractivity contribution in [2.45, 2.75) is 57.7 Å². The molecule has 2 atom stereocenters. The van der Waals surface area contributed by atoms with E-state index in [4.69, 9.17) is 4.52 Å². The topological polar surface area (TPSA) is 89.9 Å². The summed E-state index contributed by atoms with van der Waals surface area (Å²) >= 11 is 0. The van der Waals surface area contributed by atoms with Gasteiger partial charge in [0.15, 0.2) is 0 Å². The molecule has 3 aromatic heterocycles. The summed E-state index contributed by atoms with van der Waals surface area (Å²) in [7, 11) is 0. The lowest BCUT2D eigenvalue weighted by molar-refractivity contribution is -0.137. The van der Waals surface area contributed by atoms with Crippen LogP contribution >= 0.6 is 0 Å². The zero-order valence-corrected chi connectivity index (χ0v) is 17.4. The van der Waals surface area contributed by atoms with E-state index in [1.54, 1.807) is 25.7 Å². The van der Waals surface area contributed by atoms with Gasteiger partial charge in [0.2, 0.25) is 5.91 Å². The average molecular weight is 436 g/mol. The molecule has 0 radical (unpaired) electrons. The van der Waals surface area contributed by atoms with Crippen LogP contribution in [-0.2, 0) is 11.0 Å². The smallest absolute Gasteiger partial charge is 0.340 e. The fourth-order valence-corrected chi connectivity index (χ4v) is 3.99. The van der Waals surface area contributed by atoms with Gasteiger partial charge in [-0.1, -0.05) is 19.0 Å². The predicted molar refractivity (Wildman–Crippen MR) is 104 cm³/mol. The summed E-state index contributed by atoms with van der Waals surface area (Å²) in [4.78, 5) is 22.7. The van der Waals surface area contributed by atoms with E-state index >= 15 is 0 Å². The van der Waals surface area contributed by atoms with E-state index in [2.05, 4.69) is 20.2 Å². The van der Waals surface area contributed by atoms with Crippen LogP contribution in [0.15, 0.2) is 23.2 Å². The van der Waals surface area contributed by atoms with Crippen molar-refractivity contribution in [3.8, 4) is 0 Å². The number of fused-ring (bicyclic) bond motifs is 1. The van der Waals surface area contributed by atoms with Crippen LogP contribution in [0.5, 0.6) is 0 Å². The summed E-state index contributed by atoms with van der Waals surface area (Å²) < 4.78 is 48.3. The normalized spacial score (nSPS) is 18.7. The largest absolute Gasteiger partial charge is 0.417 e. The van der Waals surface area contributed by atoms with E-state index in [0.29, 0.717) is 25.1 Å². The molecule has 4 rings (SSSR count). The summed E-state index contributed by atoms with van der Waals surface area (Å²) in [5.41, 5.74) is -0.412. The minimum atomic E-state index is -4.57. The number of amides is 1. The maximum Gasteiger partial charge on any atom is 0.417 e. The van der Waals surface area contributed by atoms with Gasteiger partial charge in [0.25, 0.3) is 5.71 Å². The molecule has 31 heavy (non-hydrogen) atoms. The number of pyridine rings is 1. The van der Waals surface area contributed by atoms with Crippen LogP contribution in [0.4, 0.5) is 13.2 Å². The molecule has 11 heteroatoms. The number of nitrogens with zero attached hydrogens (tertiary/aromatic N) is 6. The number of alkyl halides is 3. The standard InChI is InChI=1S/C20H23F3N6O2/c1-11(2)15-7-14(20(21,22)23)16-17(27-31-18(16)26-15)13-5-4-6-28(8-13)19(30)12(3)29-10-24-9-25-29/h7,9-13H,4-6,8H2,1-3H3/t12-,13+/m1/s1. The molecule has 1 amide bonds. The van der Waals surface area contributed by atoms with Crippen LogP contribution in [0.1, 0.15) is 68.4 Å². The molecule has 1 fully saturated rings. The third-order valence-corrected chi connectivity index (χ3v) is 5.70. The monoisotopic (exact) mass is 436 g/mol. The van der Waals surface area contributed by atoms with Gasteiger partial charge in [0, 0.05) is 24.7 Å². The van der Waals surface area contributed by atoms with Crippen LogP contribution in [0.3, 0.4) is 0 Å². The second kappa shape index (κ2) is 7.93. The first kappa shape index (κ1) is 21.3. The summed E-state index contributed by atoms with van der Waals surface area (Å²) in [6, 6.07) is 0.517. The molecule has 0 spiro atoms. The number of likely N-dealkylation sites (tertiary alicyclic amines) is 1. The van der Waals surface area contributed by atoms with Crippen molar-refractivity contribution < 1.29 is 22.5 Å². The second-order valence-electron chi connectivity index (χ2n) is 8.17. The van der Waals surface area contributed by atoms with Gasteiger partial charge < -0.3 is 9.42 Å². The fourth-order valence-electron chi connectivity index (χ4n) is 3.99. The molecular weight excluding hydrogens is 413 g/mol. The maximum absolute atomic E-state index is 13.9. The van der Waals surface area contributed by atoms with Crippen LogP contribution in [0.25, 0.3) is 11.1 Å². The van der Waals surface area contributed by atoms with Crippen LogP contribution in [0, 0.1) is 0 Å². The van der Waals surface area contributed by atoms with E-state index < -0.39 is 17.8 Å². The van der Waals surface area contributed by atoms with Crippen molar-refractivity contribution in [2.24, 2.45) is 0 Å². The molecule has 8 nitrogen and oxygen atoms in total. The zero-order chi connectivity index (χ0) is 22.3. The van der Waals surface area contributed by atoms with Crippen molar-refractivity contribution in [1.29, 1.82) is 0 Å². The highest BCUT2D eigenvalue weighted by atomic mass is 19.4. The molecule has 0 aliphatic carbocycles. The predicted octanol–water partition coefficient (Wildman–Crippen LogP) is 3.92. The lowest BCUT2D eigenvalue weighted by atomic mass is 9.91. The Morgan fingerprint density at radius 3 is 2.71 bits per heavy atom. The number of carbonyl (C=O) groups excluding carboxylic acids is 1. The number of piperidine rings is 1. The van der Waals surface area contributed by atoms with Gasteiger partial charge in [0.1, 0.15) is 18.7 Å². The molecule has 4 heterocycles. The molecule has 1 aliphatic rings. The molecule has 0 bridgehead atoms. The van der Waals surface area contributed by atoms with Gasteiger partial charge in [-0.2, -0.15) is 18.3 Å². The van der Waals surface area contributed by atoms with Gasteiger partial charge in [-0.3, -0.25) is 4.79 Å².